The van der Waals surface area contributed by atoms with E-state index in [0.29, 0.717) is 0 Å². The van der Waals surface area contributed by atoms with E-state index in [1.165, 1.54) is 29.2 Å². The van der Waals surface area contributed by atoms with Crippen LogP contribution in [-0.4, -0.2) is 49.4 Å². The van der Waals surface area contributed by atoms with Gasteiger partial charge in [-0.05, 0) is 62.3 Å². The molecule has 1 atom stereocenters. The van der Waals surface area contributed by atoms with Crippen molar-refractivity contribution in [2.24, 2.45) is 5.92 Å². The Morgan fingerprint density at radius 3 is 2.56 bits per heavy atom. The van der Waals surface area contributed by atoms with Crippen molar-refractivity contribution in [1.29, 1.82) is 0 Å². The minimum absolute atomic E-state index is 0.224. The van der Waals surface area contributed by atoms with Crippen molar-refractivity contribution >= 4 is 10.8 Å². The Morgan fingerprint density at radius 2 is 1.88 bits per heavy atom. The van der Waals surface area contributed by atoms with Gasteiger partial charge in [0.2, 0.25) is 0 Å². The maximum Gasteiger partial charge on any atom is 0.126 e. The smallest absolute Gasteiger partial charge is 0.126 e. The van der Waals surface area contributed by atoms with Crippen molar-refractivity contribution in [1.82, 2.24) is 10.2 Å². The number of hydrogen-bond acceptors (Lipinski definition) is 4. The molecule has 3 rings (SSSR count). The molecular formula is C21H30N2O2. The molecule has 2 aromatic carbocycles. The predicted molar refractivity (Wildman–Crippen MR) is 103 cm³/mol. The van der Waals surface area contributed by atoms with Gasteiger partial charge in [-0.15, -0.1) is 0 Å². The van der Waals surface area contributed by atoms with Crippen LogP contribution in [0.3, 0.4) is 0 Å². The standard InChI is InChI=1S/C21H30N2O2/c1-16(24)15-23-11-9-17(10-12-23)13-22-14-18-7-8-21(25-2)20-6-4-3-5-19(18)20/h3-8,16-17,22,24H,9-15H2,1-2H3. The minimum Gasteiger partial charge on any atom is -0.496 e. The summed E-state index contributed by atoms with van der Waals surface area (Å²) in [6.45, 7) is 6.82. The molecule has 0 aromatic heterocycles. The van der Waals surface area contributed by atoms with E-state index in [9.17, 15) is 5.11 Å². The second kappa shape index (κ2) is 8.65. The highest BCUT2D eigenvalue weighted by molar-refractivity contribution is 5.91. The van der Waals surface area contributed by atoms with Crippen molar-refractivity contribution in [3.8, 4) is 5.75 Å². The molecule has 1 heterocycles. The minimum atomic E-state index is -0.224. The van der Waals surface area contributed by atoms with Crippen LogP contribution in [0.25, 0.3) is 10.8 Å². The first-order valence-electron chi connectivity index (χ1n) is 9.33. The number of nitrogens with zero attached hydrogens (tertiary/aromatic N) is 1. The fourth-order valence-corrected chi connectivity index (χ4v) is 3.82. The van der Waals surface area contributed by atoms with Gasteiger partial charge in [0.15, 0.2) is 0 Å². The summed E-state index contributed by atoms with van der Waals surface area (Å²) in [6.07, 6.45) is 2.20. The fourth-order valence-electron chi connectivity index (χ4n) is 3.82. The number of nitrogens with one attached hydrogen (secondary N) is 1. The van der Waals surface area contributed by atoms with Crippen molar-refractivity contribution in [3.63, 3.8) is 0 Å². The van der Waals surface area contributed by atoms with E-state index in [-0.39, 0.29) is 6.10 Å². The number of likely N-dealkylation sites (tertiary alicyclic amines) is 1. The quantitative estimate of drug-likeness (QED) is 0.812. The number of ether oxygens (including phenoxy) is 1. The van der Waals surface area contributed by atoms with Gasteiger partial charge in [0.25, 0.3) is 0 Å². The van der Waals surface area contributed by atoms with Gasteiger partial charge in [-0.25, -0.2) is 0 Å². The third-order valence-corrected chi connectivity index (χ3v) is 5.17. The van der Waals surface area contributed by atoms with E-state index < -0.39 is 0 Å². The summed E-state index contributed by atoms with van der Waals surface area (Å²) in [7, 11) is 1.73. The average Bonchev–Trinajstić information content (AvgIpc) is 2.63. The maximum absolute atomic E-state index is 9.50. The number of fused-ring (bicyclic) bond motifs is 1. The molecule has 0 spiro atoms. The third-order valence-electron chi connectivity index (χ3n) is 5.17. The number of rotatable bonds is 7. The molecule has 2 N–H and O–H groups in total. The predicted octanol–water partition coefficient (Wildman–Crippen LogP) is 3.03. The highest BCUT2D eigenvalue weighted by Crippen LogP contribution is 2.28. The van der Waals surface area contributed by atoms with Gasteiger partial charge >= 0.3 is 0 Å². The normalized spacial score (nSPS) is 17.7. The first-order valence-corrected chi connectivity index (χ1v) is 9.33. The van der Waals surface area contributed by atoms with E-state index in [4.69, 9.17) is 4.74 Å². The van der Waals surface area contributed by atoms with Gasteiger partial charge in [-0.2, -0.15) is 0 Å². The van der Waals surface area contributed by atoms with Crippen LogP contribution in [0.5, 0.6) is 5.75 Å². The van der Waals surface area contributed by atoms with E-state index in [2.05, 4.69) is 46.6 Å². The summed E-state index contributed by atoms with van der Waals surface area (Å²) in [6, 6.07) is 12.7. The molecule has 1 fully saturated rings. The lowest BCUT2D eigenvalue weighted by molar-refractivity contribution is 0.0998. The number of aliphatic hydroxyl groups is 1. The van der Waals surface area contributed by atoms with E-state index in [1.54, 1.807) is 7.11 Å². The summed E-state index contributed by atoms with van der Waals surface area (Å²) in [5.74, 6) is 1.67. The number of methoxy groups -OCH3 is 1. The van der Waals surface area contributed by atoms with Crippen LogP contribution in [0.4, 0.5) is 0 Å². The molecule has 4 heteroatoms. The molecule has 0 aliphatic carbocycles. The van der Waals surface area contributed by atoms with E-state index in [0.717, 1.165) is 44.4 Å². The zero-order valence-corrected chi connectivity index (χ0v) is 15.4. The van der Waals surface area contributed by atoms with Gasteiger partial charge in [0.05, 0.1) is 13.2 Å². The van der Waals surface area contributed by atoms with Crippen molar-refractivity contribution in [2.75, 3.05) is 33.3 Å². The SMILES string of the molecule is COc1ccc(CNCC2CCN(CC(C)O)CC2)c2ccccc12. The third kappa shape index (κ3) is 4.72. The molecule has 1 unspecified atom stereocenters. The summed E-state index contributed by atoms with van der Waals surface area (Å²) >= 11 is 0. The first kappa shape index (κ1) is 18.2. The lowest BCUT2D eigenvalue weighted by Gasteiger charge is -2.32. The molecule has 1 saturated heterocycles. The molecule has 1 aliphatic rings. The molecule has 0 saturated carbocycles. The number of benzene rings is 2. The summed E-state index contributed by atoms with van der Waals surface area (Å²) in [4.78, 5) is 2.37. The van der Waals surface area contributed by atoms with Crippen LogP contribution in [0, 0.1) is 5.92 Å². The van der Waals surface area contributed by atoms with Crippen molar-refractivity contribution in [2.45, 2.75) is 32.4 Å². The van der Waals surface area contributed by atoms with Crippen LogP contribution < -0.4 is 10.1 Å². The number of piperidine rings is 1. The summed E-state index contributed by atoms with van der Waals surface area (Å²) in [5.41, 5.74) is 1.32. The van der Waals surface area contributed by atoms with Crippen LogP contribution in [-0.2, 0) is 6.54 Å². The lowest BCUT2D eigenvalue weighted by atomic mass is 9.96. The van der Waals surface area contributed by atoms with Crippen molar-refractivity contribution < 1.29 is 9.84 Å². The second-order valence-corrected chi connectivity index (χ2v) is 7.20. The van der Waals surface area contributed by atoms with E-state index in [1.807, 2.05) is 6.92 Å². The van der Waals surface area contributed by atoms with Gasteiger partial charge in [0.1, 0.15) is 5.75 Å². The molecule has 136 valence electrons. The Labute approximate surface area is 150 Å². The first-order chi connectivity index (χ1) is 12.2. The van der Waals surface area contributed by atoms with Gasteiger partial charge in [-0.1, -0.05) is 30.3 Å². The second-order valence-electron chi connectivity index (χ2n) is 7.20. The Bertz CT molecular complexity index is 679. The fraction of sp³-hybridized carbons (Fsp3) is 0.524. The molecule has 2 aromatic rings. The van der Waals surface area contributed by atoms with Gasteiger partial charge in [0, 0.05) is 18.5 Å². The molecule has 25 heavy (non-hydrogen) atoms. The highest BCUT2D eigenvalue weighted by atomic mass is 16.5. The zero-order valence-electron chi connectivity index (χ0n) is 15.4. The molecule has 4 nitrogen and oxygen atoms in total. The van der Waals surface area contributed by atoms with Crippen LogP contribution in [0.15, 0.2) is 36.4 Å². The monoisotopic (exact) mass is 342 g/mol. The molecule has 1 aliphatic heterocycles. The molecule has 0 amide bonds. The van der Waals surface area contributed by atoms with Crippen molar-refractivity contribution in [3.05, 3.63) is 42.0 Å². The average molecular weight is 342 g/mol. The lowest BCUT2D eigenvalue weighted by Crippen LogP contribution is -2.40. The number of aliphatic hydroxyl groups excluding tert-OH is 1. The largest absolute Gasteiger partial charge is 0.496 e. The number of hydrogen-bond donors (Lipinski definition) is 2. The molecular weight excluding hydrogens is 312 g/mol. The Hall–Kier alpha value is -1.62. The zero-order chi connectivity index (χ0) is 17.6. The Morgan fingerprint density at radius 1 is 1.16 bits per heavy atom. The molecule has 0 bridgehead atoms. The maximum atomic E-state index is 9.50. The van der Waals surface area contributed by atoms with Crippen LogP contribution >= 0.6 is 0 Å². The van der Waals surface area contributed by atoms with Crippen LogP contribution in [0.1, 0.15) is 25.3 Å². The van der Waals surface area contributed by atoms with Gasteiger partial charge < -0.3 is 20.1 Å². The Kier molecular flexibility index (Phi) is 6.29. The highest BCUT2D eigenvalue weighted by Gasteiger charge is 2.19. The van der Waals surface area contributed by atoms with Crippen LogP contribution in [0.2, 0.25) is 0 Å². The summed E-state index contributed by atoms with van der Waals surface area (Å²) in [5, 5.41) is 15.6. The Balaban J connectivity index is 1.53. The number of β-amino-alcohol motifs (C(OH)–C–C–N with tert-alkyl or cyclic N) is 1. The van der Waals surface area contributed by atoms with Gasteiger partial charge in [-0.3, -0.25) is 0 Å². The van der Waals surface area contributed by atoms with E-state index >= 15 is 0 Å². The summed E-state index contributed by atoms with van der Waals surface area (Å²) < 4.78 is 5.48. The topological polar surface area (TPSA) is 44.7 Å². The molecule has 0 radical (unpaired) electrons.